The molecule has 0 bridgehead atoms. The van der Waals surface area contributed by atoms with Gasteiger partial charge in [0.25, 0.3) is 0 Å². The Balaban J connectivity index is 2.08. The zero-order valence-corrected chi connectivity index (χ0v) is 13.4. The van der Waals surface area contributed by atoms with Crippen LogP contribution in [0.4, 0.5) is 0 Å². The molecular weight excluding hydrogens is 321 g/mol. The zero-order chi connectivity index (χ0) is 14.6. The largest absolute Gasteiger partial charge is 0.396 e. The number of epoxide rings is 1. The number of ether oxygens (including phenoxy) is 1. The van der Waals surface area contributed by atoms with Crippen LogP contribution in [0.15, 0.2) is 29.4 Å². The summed E-state index contributed by atoms with van der Waals surface area (Å²) in [6.07, 6.45) is 2.93. The van der Waals surface area contributed by atoms with Gasteiger partial charge in [0.15, 0.2) is 3.79 Å². The SMILES string of the molecule is CCCON=Cc1cccc(C2(CC(Cl)(Cl)Cl)CO2)c1. The topological polar surface area (TPSA) is 34.1 Å². The van der Waals surface area contributed by atoms with E-state index in [2.05, 4.69) is 5.16 Å². The molecule has 0 spiro atoms. The molecule has 3 nitrogen and oxygen atoms in total. The average molecular weight is 337 g/mol. The van der Waals surface area contributed by atoms with Crippen LogP contribution in [0.25, 0.3) is 0 Å². The summed E-state index contributed by atoms with van der Waals surface area (Å²) in [7, 11) is 0. The van der Waals surface area contributed by atoms with Crippen LogP contribution in [-0.2, 0) is 15.2 Å². The summed E-state index contributed by atoms with van der Waals surface area (Å²) in [5.74, 6) is 0. The molecule has 0 saturated carbocycles. The summed E-state index contributed by atoms with van der Waals surface area (Å²) in [5.41, 5.74) is 1.43. The van der Waals surface area contributed by atoms with Crippen LogP contribution in [0.1, 0.15) is 30.9 Å². The molecule has 0 radical (unpaired) electrons. The number of oxime groups is 1. The third kappa shape index (κ3) is 4.52. The normalized spacial score (nSPS) is 22.2. The Kier molecular flexibility index (Phi) is 5.19. The minimum atomic E-state index is -1.33. The molecular formula is C14H16Cl3NO2. The summed E-state index contributed by atoms with van der Waals surface area (Å²) in [4.78, 5) is 5.08. The van der Waals surface area contributed by atoms with Crippen LogP contribution in [0.2, 0.25) is 0 Å². The monoisotopic (exact) mass is 335 g/mol. The van der Waals surface area contributed by atoms with E-state index < -0.39 is 9.39 Å². The molecule has 1 aliphatic rings. The predicted molar refractivity (Wildman–Crippen MR) is 82.8 cm³/mol. The maximum absolute atomic E-state index is 5.87. The van der Waals surface area contributed by atoms with Crippen LogP contribution in [-0.4, -0.2) is 23.2 Å². The van der Waals surface area contributed by atoms with Crippen molar-refractivity contribution in [2.24, 2.45) is 5.16 Å². The second kappa shape index (κ2) is 6.52. The summed E-state index contributed by atoms with van der Waals surface area (Å²) in [5, 5.41) is 3.91. The maximum Gasteiger partial charge on any atom is 0.193 e. The third-order valence-electron chi connectivity index (χ3n) is 2.96. The van der Waals surface area contributed by atoms with Gasteiger partial charge in [-0.25, -0.2) is 0 Å². The van der Waals surface area contributed by atoms with E-state index in [4.69, 9.17) is 44.4 Å². The zero-order valence-electron chi connectivity index (χ0n) is 11.1. The number of hydrogen-bond acceptors (Lipinski definition) is 3. The van der Waals surface area contributed by atoms with Gasteiger partial charge in [-0.15, -0.1) is 0 Å². The lowest BCUT2D eigenvalue weighted by molar-refractivity contribution is 0.146. The molecule has 0 amide bonds. The van der Waals surface area contributed by atoms with Gasteiger partial charge in [0.2, 0.25) is 0 Å². The summed E-state index contributed by atoms with van der Waals surface area (Å²) in [6, 6.07) is 7.81. The van der Waals surface area contributed by atoms with E-state index in [0.29, 0.717) is 19.6 Å². The summed E-state index contributed by atoms with van der Waals surface area (Å²) >= 11 is 17.6. The Hall–Kier alpha value is -0.480. The van der Waals surface area contributed by atoms with Crippen molar-refractivity contribution in [2.45, 2.75) is 29.2 Å². The lowest BCUT2D eigenvalue weighted by Gasteiger charge is -2.18. The fourth-order valence-corrected chi connectivity index (χ4v) is 2.57. The molecule has 110 valence electrons. The van der Waals surface area contributed by atoms with Crippen LogP contribution in [0.5, 0.6) is 0 Å². The fourth-order valence-electron chi connectivity index (χ4n) is 1.93. The molecule has 1 atom stereocenters. The first kappa shape index (κ1) is 15.9. The number of rotatable bonds is 6. The van der Waals surface area contributed by atoms with Gasteiger partial charge in [0.05, 0.1) is 12.8 Å². The maximum atomic E-state index is 5.87. The highest BCUT2D eigenvalue weighted by Crippen LogP contribution is 2.49. The average Bonchev–Trinajstić information content (AvgIpc) is 3.14. The van der Waals surface area contributed by atoms with Crippen molar-refractivity contribution in [3.05, 3.63) is 35.4 Å². The van der Waals surface area contributed by atoms with Crippen LogP contribution in [0, 0.1) is 0 Å². The van der Waals surface area contributed by atoms with E-state index in [1.54, 1.807) is 6.21 Å². The Bertz CT molecular complexity index is 482. The van der Waals surface area contributed by atoms with E-state index >= 15 is 0 Å². The lowest BCUT2D eigenvalue weighted by atomic mass is 9.95. The summed E-state index contributed by atoms with van der Waals surface area (Å²) in [6.45, 7) is 3.20. The van der Waals surface area contributed by atoms with Gasteiger partial charge in [0.1, 0.15) is 12.2 Å². The van der Waals surface area contributed by atoms with Gasteiger partial charge in [-0.1, -0.05) is 65.1 Å². The molecule has 20 heavy (non-hydrogen) atoms. The molecule has 1 aromatic rings. The quantitative estimate of drug-likeness (QED) is 0.253. The Labute approximate surface area is 133 Å². The van der Waals surface area contributed by atoms with Gasteiger partial charge in [0, 0.05) is 6.42 Å². The lowest BCUT2D eigenvalue weighted by Crippen LogP contribution is -2.18. The second-order valence-corrected chi connectivity index (χ2v) is 7.28. The molecule has 2 rings (SSSR count). The number of hydrogen-bond donors (Lipinski definition) is 0. The van der Waals surface area contributed by atoms with Crippen LogP contribution >= 0.6 is 34.8 Å². The molecule has 0 aliphatic carbocycles. The van der Waals surface area contributed by atoms with E-state index in [-0.39, 0.29) is 0 Å². The van der Waals surface area contributed by atoms with Crippen molar-refractivity contribution < 1.29 is 9.57 Å². The third-order valence-corrected chi connectivity index (χ3v) is 3.36. The Morgan fingerprint density at radius 1 is 1.45 bits per heavy atom. The van der Waals surface area contributed by atoms with E-state index in [1.165, 1.54) is 0 Å². The van der Waals surface area contributed by atoms with E-state index in [0.717, 1.165) is 17.5 Å². The smallest absolute Gasteiger partial charge is 0.193 e. The van der Waals surface area contributed by atoms with Gasteiger partial charge < -0.3 is 9.57 Å². The first-order chi connectivity index (χ1) is 9.45. The van der Waals surface area contributed by atoms with Crippen molar-refractivity contribution >= 4 is 41.0 Å². The highest BCUT2D eigenvalue weighted by atomic mass is 35.6. The van der Waals surface area contributed by atoms with Crippen molar-refractivity contribution in [1.82, 2.24) is 0 Å². The second-order valence-electron chi connectivity index (χ2n) is 4.77. The van der Waals surface area contributed by atoms with E-state index in [1.807, 2.05) is 31.2 Å². The molecule has 0 aromatic heterocycles. The van der Waals surface area contributed by atoms with Crippen molar-refractivity contribution in [1.29, 1.82) is 0 Å². The molecule has 1 saturated heterocycles. The molecule has 1 unspecified atom stereocenters. The van der Waals surface area contributed by atoms with Crippen molar-refractivity contribution in [3.8, 4) is 0 Å². The van der Waals surface area contributed by atoms with Crippen molar-refractivity contribution in [2.75, 3.05) is 13.2 Å². The highest BCUT2D eigenvalue weighted by Gasteiger charge is 2.51. The molecule has 6 heteroatoms. The molecule has 1 heterocycles. The standard InChI is InChI=1S/C14H16Cl3NO2/c1-2-6-20-18-8-11-4-3-5-12(7-11)13(10-19-13)9-14(15,16)17/h3-5,7-8H,2,6,9-10H2,1H3. The van der Waals surface area contributed by atoms with Gasteiger partial charge in [-0.2, -0.15) is 0 Å². The minimum Gasteiger partial charge on any atom is -0.396 e. The first-order valence-corrected chi connectivity index (χ1v) is 7.55. The van der Waals surface area contributed by atoms with Gasteiger partial charge >= 0.3 is 0 Å². The molecule has 1 aliphatic heterocycles. The summed E-state index contributed by atoms with van der Waals surface area (Å²) < 4.78 is 4.20. The van der Waals surface area contributed by atoms with Crippen LogP contribution in [0.3, 0.4) is 0 Å². The fraction of sp³-hybridized carbons (Fsp3) is 0.500. The Morgan fingerprint density at radius 2 is 2.20 bits per heavy atom. The van der Waals surface area contributed by atoms with Gasteiger partial charge in [-0.3, -0.25) is 0 Å². The van der Waals surface area contributed by atoms with Gasteiger partial charge in [-0.05, 0) is 23.6 Å². The van der Waals surface area contributed by atoms with Crippen LogP contribution < -0.4 is 0 Å². The first-order valence-electron chi connectivity index (χ1n) is 6.42. The molecule has 1 aromatic carbocycles. The molecule has 0 N–H and O–H groups in total. The predicted octanol–water partition coefficient (Wildman–Crippen LogP) is 4.43. The van der Waals surface area contributed by atoms with E-state index in [9.17, 15) is 0 Å². The molecule has 1 fully saturated rings. The van der Waals surface area contributed by atoms with Crippen molar-refractivity contribution in [3.63, 3.8) is 0 Å². The number of benzene rings is 1. The minimum absolute atomic E-state index is 0.331. The number of alkyl halides is 3. The number of halogens is 3. The number of nitrogens with zero attached hydrogens (tertiary/aromatic N) is 1. The highest BCUT2D eigenvalue weighted by molar-refractivity contribution is 6.67. The Morgan fingerprint density at radius 3 is 2.80 bits per heavy atom.